The molecule has 3 heterocycles. The number of amides is 2. The van der Waals surface area contributed by atoms with E-state index in [9.17, 15) is 9.59 Å². The molecule has 0 aromatic heterocycles. The van der Waals surface area contributed by atoms with Crippen molar-refractivity contribution in [3.8, 4) is 0 Å². The zero-order valence-corrected chi connectivity index (χ0v) is 15.6. The highest BCUT2D eigenvalue weighted by Gasteiger charge is 2.39. The Bertz CT molecular complexity index is 626. The van der Waals surface area contributed by atoms with Crippen molar-refractivity contribution in [2.45, 2.75) is 38.5 Å². The van der Waals surface area contributed by atoms with Crippen molar-refractivity contribution >= 4 is 23.6 Å². The van der Waals surface area contributed by atoms with Crippen LogP contribution in [0.5, 0.6) is 0 Å². The number of aryl methyl sites for hydroxylation is 2. The maximum atomic E-state index is 12.6. The van der Waals surface area contributed by atoms with Crippen LogP contribution in [0.2, 0.25) is 0 Å². The Balaban J connectivity index is 1.55. The molecule has 3 saturated heterocycles. The van der Waals surface area contributed by atoms with Crippen LogP contribution in [-0.2, 0) is 15.3 Å². The summed E-state index contributed by atoms with van der Waals surface area (Å²) in [5, 5.41) is 0. The first-order valence-electron chi connectivity index (χ1n) is 8.63. The Morgan fingerprint density at radius 3 is 2.58 bits per heavy atom. The fraction of sp³-hybridized carbons (Fsp3) is 0.579. The van der Waals surface area contributed by atoms with Crippen molar-refractivity contribution in [1.82, 2.24) is 9.80 Å². The molecule has 0 radical (unpaired) electrons. The third kappa shape index (κ3) is 3.77. The Kier molecular flexibility index (Phi) is 5.18. The van der Waals surface area contributed by atoms with Gasteiger partial charge in [0, 0.05) is 31.9 Å². The standard InChI is InChI=1S/C19H26N2O2S/c1-13-6-14(2)8-15(7-13)11-24-12-18(22)21-9-16-4-5-17(10-21)20(3)19(16)23/h6-8,16-17H,4-5,9-12H2,1-3H3. The summed E-state index contributed by atoms with van der Waals surface area (Å²) < 4.78 is 0. The lowest BCUT2D eigenvalue weighted by molar-refractivity contribution is -0.138. The van der Waals surface area contributed by atoms with E-state index >= 15 is 0 Å². The molecular formula is C19H26N2O2S. The van der Waals surface area contributed by atoms with Gasteiger partial charge >= 0.3 is 0 Å². The van der Waals surface area contributed by atoms with E-state index in [4.69, 9.17) is 0 Å². The summed E-state index contributed by atoms with van der Waals surface area (Å²) in [6.45, 7) is 5.50. The smallest absolute Gasteiger partial charge is 0.232 e. The van der Waals surface area contributed by atoms with Gasteiger partial charge in [0.05, 0.1) is 11.7 Å². The monoisotopic (exact) mass is 346 g/mol. The first-order chi connectivity index (χ1) is 11.4. The third-order valence-electron chi connectivity index (χ3n) is 5.09. The van der Waals surface area contributed by atoms with E-state index in [2.05, 4.69) is 32.0 Å². The lowest BCUT2D eigenvalue weighted by Gasteiger charge is -2.32. The number of piperidine rings is 1. The van der Waals surface area contributed by atoms with Gasteiger partial charge < -0.3 is 9.80 Å². The molecule has 24 heavy (non-hydrogen) atoms. The highest BCUT2D eigenvalue weighted by molar-refractivity contribution is 7.99. The number of benzene rings is 1. The fourth-order valence-electron chi connectivity index (χ4n) is 3.86. The predicted octanol–water partition coefficient (Wildman–Crippen LogP) is 2.62. The number of likely N-dealkylation sites (N-methyl/N-ethyl adjacent to an activating group) is 1. The van der Waals surface area contributed by atoms with Gasteiger partial charge in [0.2, 0.25) is 11.8 Å². The highest BCUT2D eigenvalue weighted by atomic mass is 32.2. The SMILES string of the molecule is Cc1cc(C)cc(CSCC(=O)N2CC3CCC(C2)N(C)C3=O)c1. The number of fused-ring (bicyclic) bond motifs is 4. The molecule has 4 nitrogen and oxygen atoms in total. The molecule has 1 aromatic rings. The van der Waals surface area contributed by atoms with Gasteiger partial charge in [-0.25, -0.2) is 0 Å². The number of hydrogen-bond donors (Lipinski definition) is 0. The maximum absolute atomic E-state index is 12.6. The maximum Gasteiger partial charge on any atom is 0.232 e. The van der Waals surface area contributed by atoms with Crippen molar-refractivity contribution in [2.24, 2.45) is 5.92 Å². The molecule has 2 unspecified atom stereocenters. The lowest BCUT2D eigenvalue weighted by atomic mass is 9.95. The van der Waals surface area contributed by atoms with Gasteiger partial charge in [-0.15, -0.1) is 11.8 Å². The van der Waals surface area contributed by atoms with Gasteiger partial charge in [0.1, 0.15) is 0 Å². The lowest BCUT2D eigenvalue weighted by Crippen LogP contribution is -2.45. The van der Waals surface area contributed by atoms with E-state index in [1.54, 1.807) is 11.8 Å². The number of nitrogens with zero attached hydrogens (tertiary/aromatic N) is 2. The average molecular weight is 346 g/mol. The van der Waals surface area contributed by atoms with Crippen LogP contribution in [0.1, 0.15) is 29.5 Å². The third-order valence-corrected chi connectivity index (χ3v) is 6.08. The molecule has 5 heteroatoms. The number of hydrogen-bond acceptors (Lipinski definition) is 3. The zero-order chi connectivity index (χ0) is 17.3. The minimum atomic E-state index is 0.00197. The van der Waals surface area contributed by atoms with E-state index in [-0.39, 0.29) is 23.8 Å². The Morgan fingerprint density at radius 2 is 1.88 bits per heavy atom. The number of carbonyl (C=O) groups is 2. The van der Waals surface area contributed by atoms with Crippen LogP contribution >= 0.6 is 11.8 Å². The molecule has 0 aliphatic carbocycles. The zero-order valence-electron chi connectivity index (χ0n) is 14.7. The summed E-state index contributed by atoms with van der Waals surface area (Å²) in [5.41, 5.74) is 3.81. The van der Waals surface area contributed by atoms with E-state index in [0.717, 1.165) is 18.6 Å². The van der Waals surface area contributed by atoms with Gasteiger partial charge in [-0.05, 0) is 32.3 Å². The van der Waals surface area contributed by atoms with Crippen LogP contribution in [0.3, 0.4) is 0 Å². The summed E-state index contributed by atoms with van der Waals surface area (Å²) in [4.78, 5) is 28.6. The Morgan fingerprint density at radius 1 is 1.17 bits per heavy atom. The van der Waals surface area contributed by atoms with Crippen LogP contribution in [0.25, 0.3) is 0 Å². The predicted molar refractivity (Wildman–Crippen MR) is 97.9 cm³/mol. The van der Waals surface area contributed by atoms with Crippen LogP contribution < -0.4 is 0 Å². The normalized spacial score (nSPS) is 23.5. The molecule has 0 spiro atoms. The fourth-order valence-corrected chi connectivity index (χ4v) is 4.72. The van der Waals surface area contributed by atoms with Gasteiger partial charge in [-0.1, -0.05) is 29.3 Å². The van der Waals surface area contributed by atoms with Crippen molar-refractivity contribution in [2.75, 3.05) is 25.9 Å². The average Bonchev–Trinajstić information content (AvgIpc) is 2.80. The van der Waals surface area contributed by atoms with Crippen molar-refractivity contribution in [3.63, 3.8) is 0 Å². The highest BCUT2D eigenvalue weighted by Crippen LogP contribution is 2.28. The van der Waals surface area contributed by atoms with Gasteiger partial charge in [0.15, 0.2) is 0 Å². The molecule has 3 fully saturated rings. The summed E-state index contributed by atoms with van der Waals surface area (Å²) in [5.74, 6) is 1.73. The number of rotatable bonds is 4. The topological polar surface area (TPSA) is 40.6 Å². The van der Waals surface area contributed by atoms with Crippen LogP contribution in [0.15, 0.2) is 18.2 Å². The molecule has 4 rings (SSSR count). The Labute approximate surface area is 148 Å². The summed E-state index contributed by atoms with van der Waals surface area (Å²) in [6, 6.07) is 6.73. The quantitative estimate of drug-likeness (QED) is 0.841. The largest absolute Gasteiger partial charge is 0.341 e. The van der Waals surface area contributed by atoms with Gasteiger partial charge in [-0.2, -0.15) is 0 Å². The molecule has 0 saturated carbocycles. The molecule has 2 bridgehead atoms. The first-order valence-corrected chi connectivity index (χ1v) is 9.79. The number of carbonyl (C=O) groups excluding carboxylic acids is 2. The molecule has 130 valence electrons. The van der Waals surface area contributed by atoms with Crippen LogP contribution in [0.4, 0.5) is 0 Å². The first kappa shape index (κ1) is 17.3. The second-order valence-electron chi connectivity index (χ2n) is 7.16. The second-order valence-corrected chi connectivity index (χ2v) is 8.15. The second kappa shape index (κ2) is 7.18. The summed E-state index contributed by atoms with van der Waals surface area (Å²) in [7, 11) is 1.88. The molecule has 2 amide bonds. The van der Waals surface area contributed by atoms with E-state index in [1.807, 2.05) is 16.8 Å². The summed E-state index contributed by atoms with van der Waals surface area (Å²) in [6.07, 6.45) is 1.94. The molecule has 0 N–H and O–H groups in total. The molecular weight excluding hydrogens is 320 g/mol. The van der Waals surface area contributed by atoms with Crippen LogP contribution in [-0.4, -0.2) is 53.5 Å². The van der Waals surface area contributed by atoms with E-state index in [0.29, 0.717) is 18.8 Å². The summed E-state index contributed by atoms with van der Waals surface area (Å²) >= 11 is 1.67. The van der Waals surface area contributed by atoms with E-state index < -0.39 is 0 Å². The molecule has 1 aromatic carbocycles. The van der Waals surface area contributed by atoms with Crippen molar-refractivity contribution in [1.29, 1.82) is 0 Å². The molecule has 3 aliphatic rings. The minimum Gasteiger partial charge on any atom is -0.341 e. The molecule has 3 aliphatic heterocycles. The van der Waals surface area contributed by atoms with Crippen LogP contribution in [0, 0.1) is 19.8 Å². The minimum absolute atomic E-state index is 0.00197. The van der Waals surface area contributed by atoms with E-state index in [1.165, 1.54) is 16.7 Å². The number of thioether (sulfide) groups is 1. The van der Waals surface area contributed by atoms with Gasteiger partial charge in [-0.3, -0.25) is 9.59 Å². The van der Waals surface area contributed by atoms with Crippen molar-refractivity contribution in [3.05, 3.63) is 34.9 Å². The van der Waals surface area contributed by atoms with Gasteiger partial charge in [0.25, 0.3) is 0 Å². The molecule has 2 atom stereocenters. The Hall–Kier alpha value is -1.49. The van der Waals surface area contributed by atoms with Crippen molar-refractivity contribution < 1.29 is 9.59 Å².